The zero-order chi connectivity index (χ0) is 16.7. The van der Waals surface area contributed by atoms with Gasteiger partial charge in [0.05, 0.1) is 11.4 Å². The van der Waals surface area contributed by atoms with Crippen LogP contribution in [0.25, 0.3) is 0 Å². The molecule has 2 nitrogen and oxygen atoms in total. The van der Waals surface area contributed by atoms with Gasteiger partial charge in [-0.1, -0.05) is 54.6 Å². The number of nitrogens with two attached hydrogens (primary N) is 2. The summed E-state index contributed by atoms with van der Waals surface area (Å²) >= 11 is 14.7. The molecule has 0 heterocycles. The van der Waals surface area contributed by atoms with E-state index in [1.807, 2.05) is 60.7 Å². The van der Waals surface area contributed by atoms with E-state index in [0.717, 1.165) is 33.4 Å². The molecule has 0 saturated heterocycles. The van der Waals surface area contributed by atoms with Crippen LogP contribution in [-0.4, -0.2) is 0 Å². The lowest BCUT2D eigenvalue weighted by atomic mass is 9.59. The van der Waals surface area contributed by atoms with Gasteiger partial charge in [-0.2, -0.15) is 0 Å². The van der Waals surface area contributed by atoms with Crippen LogP contribution in [0.5, 0.6) is 0 Å². The van der Waals surface area contributed by atoms with Crippen molar-refractivity contribution in [2.45, 2.75) is 9.75 Å². The summed E-state index contributed by atoms with van der Waals surface area (Å²) in [5.41, 5.74) is 19.2. The number of rotatable bonds is 0. The van der Waals surface area contributed by atoms with Crippen molar-refractivity contribution in [3.63, 3.8) is 0 Å². The highest BCUT2D eigenvalue weighted by Gasteiger charge is 2.58. The SMILES string of the molecule is Nc1ccc2c(c1N)C1(Cl)c3ccccc3C2(Cl)c2ccccc21. The molecule has 0 radical (unpaired) electrons. The van der Waals surface area contributed by atoms with Crippen LogP contribution in [0.1, 0.15) is 33.4 Å². The van der Waals surface area contributed by atoms with Crippen LogP contribution >= 0.6 is 23.2 Å². The Balaban J connectivity index is 2.06. The van der Waals surface area contributed by atoms with E-state index in [0.29, 0.717) is 11.4 Å². The number of hydrogen-bond donors (Lipinski definition) is 2. The molecule has 0 atom stereocenters. The van der Waals surface area contributed by atoms with Gasteiger partial charge in [-0.25, -0.2) is 0 Å². The highest BCUT2D eigenvalue weighted by atomic mass is 35.5. The third-order valence-corrected chi connectivity index (χ3v) is 6.54. The Kier molecular flexibility index (Phi) is 2.53. The Morgan fingerprint density at radius 2 is 1.04 bits per heavy atom. The van der Waals surface area contributed by atoms with Gasteiger partial charge in [0.15, 0.2) is 0 Å². The molecule has 0 fully saturated rings. The van der Waals surface area contributed by atoms with Gasteiger partial charge in [0.2, 0.25) is 0 Å². The second-order valence-corrected chi connectivity index (χ2v) is 7.53. The zero-order valence-electron chi connectivity index (χ0n) is 12.7. The predicted molar refractivity (Wildman–Crippen MR) is 99.6 cm³/mol. The Morgan fingerprint density at radius 3 is 1.54 bits per heavy atom. The van der Waals surface area contributed by atoms with E-state index in [4.69, 9.17) is 34.7 Å². The zero-order valence-corrected chi connectivity index (χ0v) is 14.2. The molecule has 6 rings (SSSR count). The van der Waals surface area contributed by atoms with Crippen LogP contribution in [0.2, 0.25) is 0 Å². The van der Waals surface area contributed by atoms with Gasteiger partial charge in [0.1, 0.15) is 9.75 Å². The van der Waals surface area contributed by atoms with Crippen LogP contribution in [0.3, 0.4) is 0 Å². The summed E-state index contributed by atoms with van der Waals surface area (Å²) in [5, 5.41) is 0. The molecule has 0 aliphatic heterocycles. The summed E-state index contributed by atoms with van der Waals surface area (Å²) in [6.07, 6.45) is 0. The molecule has 3 aliphatic rings. The van der Waals surface area contributed by atoms with Crippen LogP contribution < -0.4 is 11.5 Å². The van der Waals surface area contributed by atoms with Gasteiger partial charge in [0, 0.05) is 5.56 Å². The molecule has 0 amide bonds. The van der Waals surface area contributed by atoms with Gasteiger partial charge in [-0.15, -0.1) is 23.2 Å². The summed E-state index contributed by atoms with van der Waals surface area (Å²) in [7, 11) is 0. The first-order chi connectivity index (χ1) is 11.5. The van der Waals surface area contributed by atoms with Crippen molar-refractivity contribution in [2.24, 2.45) is 0 Å². The lowest BCUT2D eigenvalue weighted by Gasteiger charge is -2.51. The van der Waals surface area contributed by atoms with Crippen LogP contribution in [-0.2, 0) is 9.75 Å². The smallest absolute Gasteiger partial charge is 0.122 e. The third-order valence-electron chi connectivity index (χ3n) is 5.33. The van der Waals surface area contributed by atoms with Gasteiger partial charge in [0.25, 0.3) is 0 Å². The molecule has 118 valence electrons. The minimum atomic E-state index is -0.876. The normalized spacial score (nSPS) is 25.8. The topological polar surface area (TPSA) is 52.0 Å². The molecule has 0 saturated carbocycles. The maximum Gasteiger partial charge on any atom is 0.122 e. The average Bonchev–Trinajstić information content (AvgIpc) is 2.61. The molecule has 24 heavy (non-hydrogen) atoms. The van der Waals surface area contributed by atoms with E-state index in [9.17, 15) is 0 Å². The second-order valence-electron chi connectivity index (χ2n) is 6.40. The number of halogens is 2. The summed E-state index contributed by atoms with van der Waals surface area (Å²) in [5.74, 6) is 0. The number of nitrogen functional groups attached to an aromatic ring is 2. The predicted octanol–water partition coefficient (Wildman–Crippen LogP) is 4.54. The molecular formula is C20H14Cl2N2. The standard InChI is InChI=1S/C20H14Cl2N2/c21-19-11-5-1-3-7-13(11)20(22,14-8-4-2-6-12(14)19)17-15(19)9-10-16(23)18(17)24/h1-10H,23-24H2. The molecule has 4 N–H and O–H groups in total. The Morgan fingerprint density at radius 1 is 0.583 bits per heavy atom. The maximum absolute atomic E-state index is 7.33. The van der Waals surface area contributed by atoms with Crippen LogP contribution in [0, 0.1) is 0 Å². The fourth-order valence-corrected chi connectivity index (χ4v) is 5.33. The molecule has 0 spiro atoms. The number of hydrogen-bond acceptors (Lipinski definition) is 2. The van der Waals surface area contributed by atoms with Gasteiger partial charge in [-0.05, 0) is 33.9 Å². The summed E-state index contributed by atoms with van der Waals surface area (Å²) in [6.45, 7) is 0. The minimum absolute atomic E-state index is 0.511. The molecule has 2 bridgehead atoms. The Labute approximate surface area is 150 Å². The van der Waals surface area contributed by atoms with Crippen molar-refractivity contribution in [2.75, 3.05) is 11.5 Å². The summed E-state index contributed by atoms with van der Waals surface area (Å²) in [4.78, 5) is -1.68. The van der Waals surface area contributed by atoms with Crippen LogP contribution in [0.15, 0.2) is 60.7 Å². The van der Waals surface area contributed by atoms with Gasteiger partial charge >= 0.3 is 0 Å². The highest BCUT2D eigenvalue weighted by Crippen LogP contribution is 2.66. The first-order valence-corrected chi connectivity index (χ1v) is 8.53. The van der Waals surface area contributed by atoms with E-state index in [1.165, 1.54) is 0 Å². The molecule has 0 aromatic heterocycles. The average molecular weight is 353 g/mol. The fraction of sp³-hybridized carbons (Fsp3) is 0.100. The summed E-state index contributed by atoms with van der Waals surface area (Å²) < 4.78 is 0. The second kappa shape index (κ2) is 4.27. The highest BCUT2D eigenvalue weighted by molar-refractivity contribution is 6.35. The van der Waals surface area contributed by atoms with Crippen molar-refractivity contribution in [3.05, 3.63) is 94.0 Å². The van der Waals surface area contributed by atoms with E-state index in [2.05, 4.69) is 0 Å². The lowest BCUT2D eigenvalue weighted by molar-refractivity contribution is 0.667. The Hall–Kier alpha value is -2.16. The van der Waals surface area contributed by atoms with E-state index >= 15 is 0 Å². The van der Waals surface area contributed by atoms with Crippen molar-refractivity contribution in [1.29, 1.82) is 0 Å². The maximum atomic E-state index is 7.33. The van der Waals surface area contributed by atoms with Gasteiger partial charge in [-0.3, -0.25) is 0 Å². The fourth-order valence-electron chi connectivity index (χ4n) is 4.31. The molecule has 3 aliphatic carbocycles. The van der Waals surface area contributed by atoms with E-state index in [-0.39, 0.29) is 0 Å². The quantitative estimate of drug-likeness (QED) is 0.461. The van der Waals surface area contributed by atoms with E-state index in [1.54, 1.807) is 0 Å². The monoisotopic (exact) mass is 352 g/mol. The molecule has 4 heteroatoms. The number of alkyl halides is 2. The van der Waals surface area contributed by atoms with Crippen molar-refractivity contribution < 1.29 is 0 Å². The first kappa shape index (κ1) is 14.2. The molecular weight excluding hydrogens is 339 g/mol. The molecule has 0 unspecified atom stereocenters. The van der Waals surface area contributed by atoms with Crippen molar-refractivity contribution in [1.82, 2.24) is 0 Å². The van der Waals surface area contributed by atoms with Crippen molar-refractivity contribution in [3.8, 4) is 0 Å². The summed E-state index contributed by atoms with van der Waals surface area (Å²) in [6, 6.07) is 19.9. The third kappa shape index (κ3) is 1.33. The lowest BCUT2D eigenvalue weighted by Crippen LogP contribution is -2.46. The van der Waals surface area contributed by atoms with Crippen molar-refractivity contribution >= 4 is 34.6 Å². The first-order valence-electron chi connectivity index (χ1n) is 7.77. The Bertz CT molecular complexity index is 978. The number of benzene rings is 3. The molecule has 3 aromatic carbocycles. The minimum Gasteiger partial charge on any atom is -0.397 e. The van der Waals surface area contributed by atoms with Crippen LogP contribution in [0.4, 0.5) is 11.4 Å². The largest absolute Gasteiger partial charge is 0.397 e. The molecule has 3 aromatic rings. The number of anilines is 2. The van der Waals surface area contributed by atoms with E-state index < -0.39 is 9.75 Å². The van der Waals surface area contributed by atoms with Gasteiger partial charge < -0.3 is 11.5 Å².